The average Bonchev–Trinajstić information content (AvgIpc) is 3.17. The van der Waals surface area contributed by atoms with E-state index in [-0.39, 0.29) is 18.4 Å². The highest BCUT2D eigenvalue weighted by atomic mass is 16.5. The fourth-order valence-corrected chi connectivity index (χ4v) is 4.11. The number of H-pyrrole nitrogens is 1. The Hall–Kier alpha value is -3.28. The summed E-state index contributed by atoms with van der Waals surface area (Å²) < 4.78 is 5.36. The van der Waals surface area contributed by atoms with Gasteiger partial charge in [0, 0.05) is 35.8 Å². The first-order valence-corrected chi connectivity index (χ1v) is 9.61. The Balaban J connectivity index is 1.28. The lowest BCUT2D eigenvalue weighted by Crippen LogP contribution is -2.38. The SMILES string of the molecule is O=C1COc2ccc(C(=O)N3CCC(c4cc5ccccc5[nH]4)CC3)cc2N1. The number of aromatic nitrogens is 1. The van der Waals surface area contributed by atoms with E-state index in [9.17, 15) is 9.59 Å². The summed E-state index contributed by atoms with van der Waals surface area (Å²) in [4.78, 5) is 29.8. The Bertz CT molecular complexity index is 1030. The number of hydrogen-bond acceptors (Lipinski definition) is 3. The van der Waals surface area contributed by atoms with E-state index in [0.717, 1.165) is 31.4 Å². The molecule has 2 amide bonds. The number of amides is 2. The number of carbonyl (C=O) groups is 2. The van der Waals surface area contributed by atoms with E-state index >= 15 is 0 Å². The number of carbonyl (C=O) groups excluding carboxylic acids is 2. The number of fused-ring (bicyclic) bond motifs is 2. The number of aromatic amines is 1. The van der Waals surface area contributed by atoms with Crippen LogP contribution in [-0.2, 0) is 4.79 Å². The molecule has 3 heterocycles. The van der Waals surface area contributed by atoms with Gasteiger partial charge in [-0.3, -0.25) is 9.59 Å². The third-order valence-electron chi connectivity index (χ3n) is 5.63. The Morgan fingerprint density at radius 1 is 1.07 bits per heavy atom. The van der Waals surface area contributed by atoms with Crippen LogP contribution in [0.2, 0.25) is 0 Å². The highest BCUT2D eigenvalue weighted by Gasteiger charge is 2.26. The molecule has 28 heavy (non-hydrogen) atoms. The van der Waals surface area contributed by atoms with E-state index in [4.69, 9.17) is 4.74 Å². The van der Waals surface area contributed by atoms with E-state index in [0.29, 0.717) is 22.9 Å². The first kappa shape index (κ1) is 16.9. The van der Waals surface area contributed by atoms with E-state index < -0.39 is 0 Å². The van der Waals surface area contributed by atoms with Crippen molar-refractivity contribution >= 4 is 28.4 Å². The standard InChI is InChI=1S/C22H21N3O3/c26-21-13-28-20-6-5-16(12-19(20)24-21)22(27)25-9-7-14(8-10-25)18-11-15-3-1-2-4-17(15)23-18/h1-6,11-12,14,23H,7-10,13H2,(H,24,26). The minimum Gasteiger partial charge on any atom is -0.482 e. The van der Waals surface area contributed by atoms with Gasteiger partial charge in [-0.25, -0.2) is 0 Å². The van der Waals surface area contributed by atoms with E-state index in [2.05, 4.69) is 28.5 Å². The summed E-state index contributed by atoms with van der Waals surface area (Å²) >= 11 is 0. The van der Waals surface area contributed by atoms with Crippen LogP contribution in [0.5, 0.6) is 5.75 Å². The molecule has 0 unspecified atom stereocenters. The van der Waals surface area contributed by atoms with Gasteiger partial charge in [0.25, 0.3) is 11.8 Å². The molecule has 5 rings (SSSR count). The Kier molecular flexibility index (Phi) is 4.04. The minimum absolute atomic E-state index is 0.00211. The number of rotatable bonds is 2. The maximum atomic E-state index is 12.9. The van der Waals surface area contributed by atoms with E-state index in [1.807, 2.05) is 17.0 Å². The summed E-state index contributed by atoms with van der Waals surface area (Å²) in [6.45, 7) is 1.46. The number of benzene rings is 2. The van der Waals surface area contributed by atoms with Crippen molar-refractivity contribution in [3.8, 4) is 5.75 Å². The van der Waals surface area contributed by atoms with Gasteiger partial charge >= 0.3 is 0 Å². The molecule has 0 bridgehead atoms. The topological polar surface area (TPSA) is 74.4 Å². The maximum Gasteiger partial charge on any atom is 0.262 e. The quantitative estimate of drug-likeness (QED) is 0.720. The molecule has 1 saturated heterocycles. The van der Waals surface area contributed by atoms with Crippen LogP contribution in [0.25, 0.3) is 10.9 Å². The Labute approximate surface area is 162 Å². The second-order valence-corrected chi connectivity index (χ2v) is 7.43. The molecule has 6 heteroatoms. The molecule has 0 spiro atoms. The predicted octanol–water partition coefficient (Wildman–Crippen LogP) is 3.52. The Morgan fingerprint density at radius 3 is 2.71 bits per heavy atom. The smallest absolute Gasteiger partial charge is 0.262 e. The molecular formula is C22H21N3O3. The largest absolute Gasteiger partial charge is 0.482 e. The van der Waals surface area contributed by atoms with E-state index in [1.54, 1.807) is 18.2 Å². The van der Waals surface area contributed by atoms with Gasteiger partial charge in [0.1, 0.15) is 5.75 Å². The van der Waals surface area contributed by atoms with Gasteiger partial charge in [0.15, 0.2) is 6.61 Å². The van der Waals surface area contributed by atoms with Crippen LogP contribution in [0.3, 0.4) is 0 Å². The van der Waals surface area contributed by atoms with Gasteiger partial charge in [-0.15, -0.1) is 0 Å². The van der Waals surface area contributed by atoms with Crippen LogP contribution >= 0.6 is 0 Å². The summed E-state index contributed by atoms with van der Waals surface area (Å²) in [5.74, 6) is 0.843. The molecule has 2 N–H and O–H groups in total. The number of piperidine rings is 1. The van der Waals surface area contributed by atoms with Crippen LogP contribution in [0.1, 0.15) is 34.8 Å². The van der Waals surface area contributed by atoms with Crippen molar-refractivity contribution in [2.45, 2.75) is 18.8 Å². The highest BCUT2D eigenvalue weighted by molar-refractivity contribution is 5.99. The molecule has 0 aliphatic carbocycles. The molecule has 0 saturated carbocycles. The van der Waals surface area contributed by atoms with Crippen molar-refractivity contribution in [3.63, 3.8) is 0 Å². The molecule has 2 aliphatic heterocycles. The number of likely N-dealkylation sites (tertiary alicyclic amines) is 1. The normalized spacial score (nSPS) is 17.1. The summed E-state index contributed by atoms with van der Waals surface area (Å²) in [5.41, 5.74) is 3.56. The summed E-state index contributed by atoms with van der Waals surface area (Å²) in [7, 11) is 0. The van der Waals surface area contributed by atoms with Crippen molar-refractivity contribution < 1.29 is 14.3 Å². The zero-order valence-electron chi connectivity index (χ0n) is 15.4. The van der Waals surface area contributed by atoms with Crippen LogP contribution in [0, 0.1) is 0 Å². The van der Waals surface area contributed by atoms with Crippen molar-refractivity contribution in [2.24, 2.45) is 0 Å². The van der Waals surface area contributed by atoms with Crippen molar-refractivity contribution in [3.05, 3.63) is 59.8 Å². The predicted molar refractivity (Wildman–Crippen MR) is 107 cm³/mol. The number of nitrogens with zero attached hydrogens (tertiary/aromatic N) is 1. The fraction of sp³-hybridized carbons (Fsp3) is 0.273. The second kappa shape index (κ2) is 6.71. The van der Waals surface area contributed by atoms with Crippen molar-refractivity contribution in [1.29, 1.82) is 0 Å². The van der Waals surface area contributed by atoms with Crippen LogP contribution in [-0.4, -0.2) is 41.4 Å². The third kappa shape index (κ3) is 3.01. The third-order valence-corrected chi connectivity index (χ3v) is 5.63. The molecule has 0 radical (unpaired) electrons. The number of ether oxygens (including phenoxy) is 1. The monoisotopic (exact) mass is 375 g/mol. The van der Waals surface area contributed by atoms with Gasteiger partial charge in [0.2, 0.25) is 0 Å². The molecule has 0 atom stereocenters. The minimum atomic E-state index is -0.198. The van der Waals surface area contributed by atoms with E-state index in [1.165, 1.54) is 11.1 Å². The lowest BCUT2D eigenvalue weighted by Gasteiger charge is -2.32. The van der Waals surface area contributed by atoms with Crippen molar-refractivity contribution in [1.82, 2.24) is 9.88 Å². The lowest BCUT2D eigenvalue weighted by atomic mass is 9.93. The zero-order chi connectivity index (χ0) is 19.1. The van der Waals surface area contributed by atoms with Crippen LogP contribution < -0.4 is 10.1 Å². The Morgan fingerprint density at radius 2 is 1.89 bits per heavy atom. The molecule has 2 aliphatic rings. The first-order valence-electron chi connectivity index (χ1n) is 9.61. The molecule has 6 nitrogen and oxygen atoms in total. The molecule has 1 fully saturated rings. The number of anilines is 1. The molecular weight excluding hydrogens is 354 g/mol. The van der Waals surface area contributed by atoms with Crippen LogP contribution in [0.4, 0.5) is 5.69 Å². The highest BCUT2D eigenvalue weighted by Crippen LogP contribution is 2.32. The first-order chi connectivity index (χ1) is 13.7. The lowest BCUT2D eigenvalue weighted by molar-refractivity contribution is -0.118. The number of para-hydroxylation sites is 1. The van der Waals surface area contributed by atoms with Gasteiger partial charge in [0.05, 0.1) is 5.69 Å². The van der Waals surface area contributed by atoms with Gasteiger partial charge < -0.3 is 19.9 Å². The maximum absolute atomic E-state index is 12.9. The second-order valence-electron chi connectivity index (χ2n) is 7.43. The fourth-order valence-electron chi connectivity index (χ4n) is 4.11. The molecule has 2 aromatic carbocycles. The number of nitrogens with one attached hydrogen (secondary N) is 2. The summed E-state index contributed by atoms with van der Waals surface area (Å²) in [5, 5.41) is 3.99. The number of hydrogen-bond donors (Lipinski definition) is 2. The van der Waals surface area contributed by atoms with Gasteiger partial charge in [-0.2, -0.15) is 0 Å². The average molecular weight is 375 g/mol. The van der Waals surface area contributed by atoms with Crippen LogP contribution in [0.15, 0.2) is 48.5 Å². The van der Waals surface area contributed by atoms with Gasteiger partial charge in [-0.1, -0.05) is 18.2 Å². The van der Waals surface area contributed by atoms with Crippen molar-refractivity contribution in [2.75, 3.05) is 25.0 Å². The zero-order valence-corrected chi connectivity index (χ0v) is 15.4. The summed E-state index contributed by atoms with van der Waals surface area (Å²) in [6.07, 6.45) is 1.87. The molecule has 3 aromatic rings. The van der Waals surface area contributed by atoms with Gasteiger partial charge in [-0.05, 0) is 48.6 Å². The molecule has 142 valence electrons. The summed E-state index contributed by atoms with van der Waals surface area (Å²) in [6, 6.07) is 15.7. The molecule has 1 aromatic heterocycles.